The zero-order chi connectivity index (χ0) is 18.1. The average molecular weight is 365 g/mol. The molecule has 4 rings (SSSR count). The Balaban J connectivity index is 1.90. The minimum Gasteiger partial charge on any atom is -0.497 e. The number of halogens is 1. The van der Waals surface area contributed by atoms with Crippen molar-refractivity contribution in [2.24, 2.45) is 0 Å². The van der Waals surface area contributed by atoms with Gasteiger partial charge in [-0.25, -0.2) is 4.98 Å². The maximum Gasteiger partial charge on any atom is 0.160 e. The highest BCUT2D eigenvalue weighted by atomic mass is 35.5. The molecule has 0 spiro atoms. The molecule has 4 aromatic rings. The first-order chi connectivity index (χ1) is 12.7. The summed E-state index contributed by atoms with van der Waals surface area (Å²) >= 11 is 6.00. The molecule has 2 aromatic heterocycles. The quantitative estimate of drug-likeness (QED) is 0.546. The SMILES string of the molecule is COc1cccc(-c2nc3c(C)nccn3c2Nc2ccc(Cl)cc2)c1. The topological polar surface area (TPSA) is 51.5 Å². The Morgan fingerprint density at radius 2 is 1.92 bits per heavy atom. The third-order valence-electron chi connectivity index (χ3n) is 4.17. The van der Waals surface area contributed by atoms with Crippen LogP contribution < -0.4 is 10.1 Å². The van der Waals surface area contributed by atoms with E-state index in [-0.39, 0.29) is 0 Å². The fourth-order valence-corrected chi connectivity index (χ4v) is 2.99. The molecule has 0 radical (unpaired) electrons. The van der Waals surface area contributed by atoms with Crippen molar-refractivity contribution in [1.82, 2.24) is 14.4 Å². The molecule has 130 valence electrons. The van der Waals surface area contributed by atoms with Crippen LogP contribution in [0.5, 0.6) is 5.75 Å². The number of benzene rings is 2. The summed E-state index contributed by atoms with van der Waals surface area (Å²) in [5.74, 6) is 1.65. The van der Waals surface area contributed by atoms with Crippen LogP contribution >= 0.6 is 11.6 Å². The van der Waals surface area contributed by atoms with Crippen LogP contribution in [0.15, 0.2) is 60.9 Å². The number of aryl methyl sites for hydroxylation is 1. The fourth-order valence-electron chi connectivity index (χ4n) is 2.86. The van der Waals surface area contributed by atoms with Crippen molar-refractivity contribution in [3.05, 3.63) is 71.6 Å². The lowest BCUT2D eigenvalue weighted by Crippen LogP contribution is -1.98. The van der Waals surface area contributed by atoms with E-state index in [1.54, 1.807) is 13.3 Å². The minimum absolute atomic E-state index is 0.696. The smallest absolute Gasteiger partial charge is 0.160 e. The van der Waals surface area contributed by atoms with E-state index in [0.29, 0.717) is 5.02 Å². The number of hydrogen-bond acceptors (Lipinski definition) is 4. The number of hydrogen-bond donors (Lipinski definition) is 1. The molecule has 1 N–H and O–H groups in total. The molecule has 0 aliphatic carbocycles. The van der Waals surface area contributed by atoms with E-state index in [4.69, 9.17) is 21.3 Å². The number of aromatic nitrogens is 3. The van der Waals surface area contributed by atoms with Gasteiger partial charge < -0.3 is 10.1 Å². The Labute approximate surface area is 156 Å². The zero-order valence-corrected chi connectivity index (χ0v) is 15.2. The summed E-state index contributed by atoms with van der Waals surface area (Å²) in [6.45, 7) is 1.95. The summed E-state index contributed by atoms with van der Waals surface area (Å²) in [7, 11) is 1.66. The third-order valence-corrected chi connectivity index (χ3v) is 4.42. The molecule has 6 heteroatoms. The molecule has 26 heavy (non-hydrogen) atoms. The van der Waals surface area contributed by atoms with E-state index >= 15 is 0 Å². The summed E-state index contributed by atoms with van der Waals surface area (Å²) in [4.78, 5) is 9.18. The first-order valence-corrected chi connectivity index (χ1v) is 8.54. The average Bonchev–Trinajstić information content (AvgIpc) is 3.04. The summed E-state index contributed by atoms with van der Waals surface area (Å²) < 4.78 is 7.37. The molecule has 0 saturated heterocycles. The molecule has 0 amide bonds. The third kappa shape index (κ3) is 2.97. The van der Waals surface area contributed by atoms with Gasteiger partial charge in [-0.15, -0.1) is 0 Å². The van der Waals surface area contributed by atoms with Gasteiger partial charge in [0.05, 0.1) is 12.8 Å². The second-order valence-electron chi connectivity index (χ2n) is 5.88. The van der Waals surface area contributed by atoms with E-state index in [2.05, 4.69) is 10.3 Å². The number of ether oxygens (including phenoxy) is 1. The molecule has 2 heterocycles. The molecule has 0 aliphatic heterocycles. The van der Waals surface area contributed by atoms with Gasteiger partial charge in [-0.2, -0.15) is 0 Å². The number of imidazole rings is 1. The predicted octanol–water partition coefficient (Wildman–Crippen LogP) is 5.11. The van der Waals surface area contributed by atoms with Crippen LogP contribution in [0.1, 0.15) is 5.69 Å². The molecule has 0 fully saturated rings. The van der Waals surface area contributed by atoms with Crippen LogP contribution in [-0.4, -0.2) is 21.5 Å². The lowest BCUT2D eigenvalue weighted by atomic mass is 10.1. The second-order valence-corrected chi connectivity index (χ2v) is 6.32. The van der Waals surface area contributed by atoms with Crippen molar-refractivity contribution < 1.29 is 4.74 Å². The van der Waals surface area contributed by atoms with Gasteiger partial charge in [0, 0.05) is 28.7 Å². The van der Waals surface area contributed by atoms with Crippen LogP contribution in [0, 0.1) is 6.92 Å². The molecular weight excluding hydrogens is 348 g/mol. The molecule has 2 aromatic carbocycles. The largest absolute Gasteiger partial charge is 0.497 e. The zero-order valence-electron chi connectivity index (χ0n) is 14.4. The Kier molecular flexibility index (Phi) is 4.22. The molecule has 0 unspecified atom stereocenters. The van der Waals surface area contributed by atoms with E-state index in [0.717, 1.165) is 39.9 Å². The van der Waals surface area contributed by atoms with Gasteiger partial charge in [-0.3, -0.25) is 9.38 Å². The Morgan fingerprint density at radius 3 is 2.69 bits per heavy atom. The molecule has 0 saturated carbocycles. The van der Waals surface area contributed by atoms with E-state index in [1.165, 1.54) is 0 Å². The van der Waals surface area contributed by atoms with Gasteiger partial charge in [0.1, 0.15) is 17.3 Å². The fraction of sp³-hybridized carbons (Fsp3) is 0.100. The molecule has 0 atom stereocenters. The molecule has 0 aliphatic rings. The van der Waals surface area contributed by atoms with E-state index < -0.39 is 0 Å². The van der Waals surface area contributed by atoms with Crippen molar-refractivity contribution >= 4 is 28.8 Å². The van der Waals surface area contributed by atoms with Crippen LogP contribution in [0.25, 0.3) is 16.9 Å². The normalized spacial score (nSPS) is 10.9. The molecule has 5 nitrogen and oxygen atoms in total. The Morgan fingerprint density at radius 1 is 1.12 bits per heavy atom. The molecule has 0 bridgehead atoms. The second kappa shape index (κ2) is 6.69. The summed E-state index contributed by atoms with van der Waals surface area (Å²) in [6, 6.07) is 15.4. The first kappa shape index (κ1) is 16.4. The Hall–Kier alpha value is -3.05. The van der Waals surface area contributed by atoms with Gasteiger partial charge in [-0.1, -0.05) is 23.7 Å². The lowest BCUT2D eigenvalue weighted by Gasteiger charge is -2.10. The van der Waals surface area contributed by atoms with Crippen molar-refractivity contribution in [2.75, 3.05) is 12.4 Å². The lowest BCUT2D eigenvalue weighted by molar-refractivity contribution is 0.415. The van der Waals surface area contributed by atoms with Crippen molar-refractivity contribution in [3.8, 4) is 17.0 Å². The molecular formula is C20H17ClN4O. The van der Waals surface area contributed by atoms with Crippen LogP contribution in [0.2, 0.25) is 5.02 Å². The van der Waals surface area contributed by atoms with Crippen LogP contribution in [0.4, 0.5) is 11.5 Å². The number of nitrogens with one attached hydrogen (secondary N) is 1. The van der Waals surface area contributed by atoms with Gasteiger partial charge in [-0.05, 0) is 43.3 Å². The highest BCUT2D eigenvalue weighted by Crippen LogP contribution is 2.33. The highest BCUT2D eigenvalue weighted by molar-refractivity contribution is 6.30. The highest BCUT2D eigenvalue weighted by Gasteiger charge is 2.16. The van der Waals surface area contributed by atoms with Crippen molar-refractivity contribution in [3.63, 3.8) is 0 Å². The maximum atomic E-state index is 6.00. The van der Waals surface area contributed by atoms with E-state index in [1.807, 2.05) is 66.1 Å². The number of fused-ring (bicyclic) bond motifs is 1. The van der Waals surface area contributed by atoms with Gasteiger partial charge in [0.15, 0.2) is 5.65 Å². The van der Waals surface area contributed by atoms with Crippen molar-refractivity contribution in [1.29, 1.82) is 0 Å². The number of methoxy groups -OCH3 is 1. The minimum atomic E-state index is 0.696. The van der Waals surface area contributed by atoms with Gasteiger partial charge in [0.25, 0.3) is 0 Å². The van der Waals surface area contributed by atoms with Gasteiger partial charge in [0.2, 0.25) is 0 Å². The number of anilines is 2. The number of nitrogens with zero attached hydrogens (tertiary/aromatic N) is 3. The Bertz CT molecular complexity index is 1070. The summed E-state index contributed by atoms with van der Waals surface area (Å²) in [6.07, 6.45) is 3.67. The standard InChI is InChI=1S/C20H17ClN4O/c1-13-19-24-18(14-4-3-5-17(12-14)26-2)20(25(19)11-10-22-13)23-16-8-6-15(21)7-9-16/h3-12,23H,1-2H3. The number of rotatable bonds is 4. The van der Waals surface area contributed by atoms with E-state index in [9.17, 15) is 0 Å². The predicted molar refractivity (Wildman–Crippen MR) is 104 cm³/mol. The first-order valence-electron chi connectivity index (χ1n) is 8.16. The summed E-state index contributed by atoms with van der Waals surface area (Å²) in [5.41, 5.74) is 4.39. The maximum absolute atomic E-state index is 6.00. The van der Waals surface area contributed by atoms with Gasteiger partial charge >= 0.3 is 0 Å². The van der Waals surface area contributed by atoms with Crippen LogP contribution in [-0.2, 0) is 0 Å². The monoisotopic (exact) mass is 364 g/mol. The van der Waals surface area contributed by atoms with Crippen LogP contribution in [0.3, 0.4) is 0 Å². The van der Waals surface area contributed by atoms with Crippen molar-refractivity contribution in [2.45, 2.75) is 6.92 Å². The summed E-state index contributed by atoms with van der Waals surface area (Å²) in [5, 5.41) is 4.16.